The smallest absolute Gasteiger partial charge is 0.234 e. The number of amides is 1. The van der Waals surface area contributed by atoms with E-state index in [0.29, 0.717) is 6.54 Å². The van der Waals surface area contributed by atoms with Crippen molar-refractivity contribution in [2.75, 3.05) is 33.9 Å². The van der Waals surface area contributed by atoms with Crippen LogP contribution in [0, 0.1) is 5.41 Å². The van der Waals surface area contributed by atoms with Crippen molar-refractivity contribution < 1.29 is 9.53 Å². The number of methoxy groups -OCH3 is 1. The second kappa shape index (κ2) is 8.51. The molecule has 0 aliphatic carbocycles. The topological polar surface area (TPSA) is 41.6 Å². The van der Waals surface area contributed by atoms with Crippen LogP contribution in [0.15, 0.2) is 17.5 Å². The third-order valence-corrected chi connectivity index (χ3v) is 4.24. The molecule has 1 N–H and O–H groups in total. The lowest BCUT2D eigenvalue weighted by Gasteiger charge is -2.31. The van der Waals surface area contributed by atoms with Crippen molar-refractivity contribution >= 4 is 17.2 Å². The van der Waals surface area contributed by atoms with E-state index in [9.17, 15) is 4.79 Å². The van der Waals surface area contributed by atoms with E-state index in [1.807, 2.05) is 18.0 Å². The van der Waals surface area contributed by atoms with Crippen LogP contribution in [0.3, 0.4) is 0 Å². The van der Waals surface area contributed by atoms with Crippen LogP contribution in [-0.4, -0.2) is 44.7 Å². The Morgan fingerprint density at radius 3 is 2.71 bits per heavy atom. The predicted molar refractivity (Wildman–Crippen MR) is 88.6 cm³/mol. The number of nitrogens with zero attached hydrogens (tertiary/aromatic N) is 1. The molecule has 1 amide bonds. The summed E-state index contributed by atoms with van der Waals surface area (Å²) < 4.78 is 5.03. The van der Waals surface area contributed by atoms with Crippen molar-refractivity contribution in [3.63, 3.8) is 0 Å². The molecule has 1 unspecified atom stereocenters. The quantitative estimate of drug-likeness (QED) is 0.751. The number of ether oxygens (including phenoxy) is 1. The van der Waals surface area contributed by atoms with E-state index in [4.69, 9.17) is 4.74 Å². The van der Waals surface area contributed by atoms with E-state index in [1.54, 1.807) is 18.4 Å². The Hall–Kier alpha value is -0.910. The lowest BCUT2D eigenvalue weighted by atomic mass is 9.85. The zero-order valence-electron chi connectivity index (χ0n) is 13.8. The third kappa shape index (κ3) is 6.59. The zero-order valence-corrected chi connectivity index (χ0v) is 14.6. The van der Waals surface area contributed by atoms with Gasteiger partial charge >= 0.3 is 0 Å². The second-order valence-electron chi connectivity index (χ2n) is 6.47. The van der Waals surface area contributed by atoms with E-state index in [-0.39, 0.29) is 17.4 Å². The fourth-order valence-electron chi connectivity index (χ4n) is 2.18. The summed E-state index contributed by atoms with van der Waals surface area (Å²) in [6.07, 6.45) is 0.938. The number of likely N-dealkylation sites (N-methyl/N-ethyl adjacent to an activating group) is 1. The molecule has 120 valence electrons. The minimum Gasteiger partial charge on any atom is -0.385 e. The average molecular weight is 312 g/mol. The number of carbonyl (C=O) groups is 1. The highest BCUT2D eigenvalue weighted by Crippen LogP contribution is 2.34. The molecule has 1 aromatic rings. The maximum atomic E-state index is 12.3. The standard InChI is InChI=1S/C16H28N2O2S/c1-16(2,3)15(13-8-6-11-21-13)17-14(19)12-18(4)9-7-10-20-5/h6,8,11,15H,7,9-10,12H2,1-5H3,(H,17,19). The van der Waals surface area contributed by atoms with Crippen molar-refractivity contribution in [3.05, 3.63) is 22.4 Å². The van der Waals surface area contributed by atoms with Gasteiger partial charge in [-0.15, -0.1) is 11.3 Å². The normalized spacial score (nSPS) is 13.4. The van der Waals surface area contributed by atoms with Gasteiger partial charge in [0.2, 0.25) is 5.91 Å². The first-order valence-corrected chi connectivity index (χ1v) is 8.23. The molecule has 21 heavy (non-hydrogen) atoms. The first kappa shape index (κ1) is 18.1. The molecule has 0 saturated heterocycles. The molecule has 1 atom stereocenters. The summed E-state index contributed by atoms with van der Waals surface area (Å²) in [5.74, 6) is 0.0724. The van der Waals surface area contributed by atoms with Crippen LogP contribution in [0.5, 0.6) is 0 Å². The molecule has 1 aromatic heterocycles. The Kier molecular flexibility index (Phi) is 7.35. The summed E-state index contributed by atoms with van der Waals surface area (Å²) >= 11 is 1.69. The van der Waals surface area contributed by atoms with Crippen molar-refractivity contribution in [2.45, 2.75) is 33.2 Å². The van der Waals surface area contributed by atoms with E-state index < -0.39 is 0 Å². The minimum atomic E-state index is -0.00483. The number of nitrogens with one attached hydrogen (secondary N) is 1. The molecule has 0 aromatic carbocycles. The number of hydrogen-bond donors (Lipinski definition) is 1. The van der Waals surface area contributed by atoms with E-state index >= 15 is 0 Å². The van der Waals surface area contributed by atoms with Crippen LogP contribution < -0.4 is 5.32 Å². The lowest BCUT2D eigenvalue weighted by molar-refractivity contribution is -0.123. The predicted octanol–water partition coefficient (Wildman–Crippen LogP) is 2.92. The molecule has 0 radical (unpaired) electrons. The summed E-state index contributed by atoms with van der Waals surface area (Å²) in [6, 6.07) is 4.17. The first-order chi connectivity index (χ1) is 9.84. The van der Waals surface area contributed by atoms with Gasteiger partial charge < -0.3 is 10.1 Å². The Labute approximate surface area is 132 Å². The molecule has 0 saturated carbocycles. The zero-order chi connectivity index (χ0) is 15.9. The van der Waals surface area contributed by atoms with E-state index in [1.165, 1.54) is 4.88 Å². The number of carbonyl (C=O) groups excluding carboxylic acids is 1. The Balaban J connectivity index is 2.54. The Bertz CT molecular complexity index is 412. The summed E-state index contributed by atoms with van der Waals surface area (Å²) in [5, 5.41) is 5.23. The van der Waals surface area contributed by atoms with Crippen molar-refractivity contribution in [1.29, 1.82) is 0 Å². The number of thiophene rings is 1. The summed E-state index contributed by atoms with van der Waals surface area (Å²) in [6.45, 7) is 8.47. The lowest BCUT2D eigenvalue weighted by Crippen LogP contribution is -2.41. The van der Waals surface area contributed by atoms with Crippen LogP contribution in [0.25, 0.3) is 0 Å². The molecule has 1 heterocycles. The van der Waals surface area contributed by atoms with Gasteiger partial charge in [-0.3, -0.25) is 9.69 Å². The molecular formula is C16H28N2O2S. The summed E-state index contributed by atoms with van der Waals surface area (Å²) in [7, 11) is 3.66. The van der Waals surface area contributed by atoms with Crippen LogP contribution in [0.1, 0.15) is 38.1 Å². The first-order valence-electron chi connectivity index (χ1n) is 7.35. The van der Waals surface area contributed by atoms with Gasteiger partial charge in [0, 0.05) is 25.1 Å². The van der Waals surface area contributed by atoms with Gasteiger partial charge in [-0.05, 0) is 30.3 Å². The van der Waals surface area contributed by atoms with Crippen molar-refractivity contribution in [1.82, 2.24) is 10.2 Å². The minimum absolute atomic E-state index is 0.00483. The molecular weight excluding hydrogens is 284 g/mol. The SMILES string of the molecule is COCCCN(C)CC(=O)NC(c1cccs1)C(C)(C)C. The monoisotopic (exact) mass is 312 g/mol. The number of rotatable bonds is 8. The van der Waals surface area contributed by atoms with Gasteiger partial charge in [-0.25, -0.2) is 0 Å². The molecule has 0 aliphatic heterocycles. The highest BCUT2D eigenvalue weighted by molar-refractivity contribution is 7.10. The van der Waals surface area contributed by atoms with Crippen LogP contribution in [-0.2, 0) is 9.53 Å². The second-order valence-corrected chi connectivity index (χ2v) is 7.45. The van der Waals surface area contributed by atoms with Crippen LogP contribution in [0.4, 0.5) is 0 Å². The fraction of sp³-hybridized carbons (Fsp3) is 0.688. The maximum Gasteiger partial charge on any atom is 0.234 e. The number of hydrogen-bond acceptors (Lipinski definition) is 4. The largest absolute Gasteiger partial charge is 0.385 e. The Morgan fingerprint density at radius 2 is 2.19 bits per heavy atom. The van der Waals surface area contributed by atoms with Gasteiger partial charge in [0.15, 0.2) is 0 Å². The van der Waals surface area contributed by atoms with Gasteiger partial charge in [0.1, 0.15) is 0 Å². The van der Waals surface area contributed by atoms with Gasteiger partial charge in [0.25, 0.3) is 0 Å². The van der Waals surface area contributed by atoms with Crippen LogP contribution in [0.2, 0.25) is 0 Å². The third-order valence-electron chi connectivity index (χ3n) is 3.30. The van der Waals surface area contributed by atoms with Gasteiger partial charge in [-0.1, -0.05) is 26.8 Å². The fourth-order valence-corrected chi connectivity index (χ4v) is 3.20. The van der Waals surface area contributed by atoms with Gasteiger partial charge in [-0.2, -0.15) is 0 Å². The molecule has 0 fully saturated rings. The molecule has 4 nitrogen and oxygen atoms in total. The van der Waals surface area contributed by atoms with Crippen molar-refractivity contribution in [2.24, 2.45) is 5.41 Å². The summed E-state index contributed by atoms with van der Waals surface area (Å²) in [5.41, 5.74) is -0.00483. The highest BCUT2D eigenvalue weighted by Gasteiger charge is 2.28. The molecule has 0 aliphatic rings. The summed E-state index contributed by atoms with van der Waals surface area (Å²) in [4.78, 5) is 15.5. The molecule has 0 spiro atoms. The van der Waals surface area contributed by atoms with E-state index in [0.717, 1.165) is 19.6 Å². The van der Waals surface area contributed by atoms with Crippen molar-refractivity contribution in [3.8, 4) is 0 Å². The maximum absolute atomic E-state index is 12.3. The molecule has 5 heteroatoms. The van der Waals surface area contributed by atoms with E-state index in [2.05, 4.69) is 37.5 Å². The highest BCUT2D eigenvalue weighted by atomic mass is 32.1. The average Bonchev–Trinajstić information content (AvgIpc) is 2.88. The molecule has 1 rings (SSSR count). The van der Waals surface area contributed by atoms with Crippen LogP contribution >= 0.6 is 11.3 Å². The molecule has 0 bridgehead atoms. The van der Waals surface area contributed by atoms with Gasteiger partial charge in [0.05, 0.1) is 12.6 Å². The Morgan fingerprint density at radius 1 is 1.48 bits per heavy atom.